The topological polar surface area (TPSA) is 90.4 Å². The predicted molar refractivity (Wildman–Crippen MR) is 90.1 cm³/mol. The van der Waals surface area contributed by atoms with Crippen molar-refractivity contribution in [2.24, 2.45) is 0 Å². The number of nitrogens with one attached hydrogen (secondary N) is 2. The van der Waals surface area contributed by atoms with Crippen molar-refractivity contribution in [1.29, 1.82) is 0 Å². The summed E-state index contributed by atoms with van der Waals surface area (Å²) in [4.78, 5) is 10.4. The number of benzene rings is 1. The van der Waals surface area contributed by atoms with Crippen molar-refractivity contribution < 1.29 is 14.6 Å². The molecule has 3 N–H and O–H groups in total. The molecule has 1 saturated heterocycles. The van der Waals surface area contributed by atoms with Crippen LogP contribution in [0, 0.1) is 0 Å². The van der Waals surface area contributed by atoms with Crippen molar-refractivity contribution in [2.75, 3.05) is 6.61 Å². The Labute approximate surface area is 138 Å². The average molecular weight is 320 g/mol. The van der Waals surface area contributed by atoms with E-state index in [-0.39, 0.29) is 6.17 Å². The largest absolute Gasteiger partial charge is 0.494 e. The van der Waals surface area contributed by atoms with E-state index in [0.29, 0.717) is 6.42 Å². The monoisotopic (exact) mass is 320 g/mol. The number of ether oxygens (including phenoxy) is 1. The Hall–Kier alpha value is -1.59. The van der Waals surface area contributed by atoms with Crippen molar-refractivity contribution in [3.8, 4) is 5.75 Å². The minimum Gasteiger partial charge on any atom is -0.494 e. The zero-order chi connectivity index (χ0) is 16.3. The third-order valence-corrected chi connectivity index (χ3v) is 4.03. The molecule has 0 atom stereocenters. The van der Waals surface area contributed by atoms with Gasteiger partial charge >= 0.3 is 5.97 Å². The molecule has 0 aromatic heterocycles. The second-order valence-corrected chi connectivity index (χ2v) is 6.11. The van der Waals surface area contributed by atoms with Crippen LogP contribution in [-0.4, -0.2) is 17.7 Å². The molecule has 0 radical (unpaired) electrons. The Kier molecular flexibility index (Phi) is 7.90. The fourth-order valence-electron chi connectivity index (χ4n) is 2.62. The normalized spacial score (nSPS) is 13.9. The maximum Gasteiger partial charge on any atom is 0.303 e. The summed E-state index contributed by atoms with van der Waals surface area (Å²) >= 11 is 0. The first-order valence-electron chi connectivity index (χ1n) is 8.71. The third-order valence-electron chi connectivity index (χ3n) is 4.03. The van der Waals surface area contributed by atoms with Crippen LogP contribution in [0.5, 0.6) is 5.75 Å². The van der Waals surface area contributed by atoms with Gasteiger partial charge in [0, 0.05) is 6.42 Å². The maximum absolute atomic E-state index is 10.4. The van der Waals surface area contributed by atoms with E-state index >= 15 is 0 Å². The number of unbranched alkanes of at least 4 members (excludes halogenated alkanes) is 7. The van der Waals surface area contributed by atoms with Crippen LogP contribution in [0.1, 0.15) is 69.5 Å². The molecule has 1 aliphatic rings. The highest BCUT2D eigenvalue weighted by Crippen LogP contribution is 2.21. The quantitative estimate of drug-likeness (QED) is 0.380. The van der Waals surface area contributed by atoms with Crippen LogP contribution in [0.2, 0.25) is 0 Å². The molecule has 0 amide bonds. The Bertz CT molecular complexity index is 475. The first-order chi connectivity index (χ1) is 11.3. The molecule has 0 unspecified atom stereocenters. The molecule has 2 rings (SSSR count). The first kappa shape index (κ1) is 17.8. The van der Waals surface area contributed by atoms with E-state index in [2.05, 4.69) is 23.0 Å². The van der Waals surface area contributed by atoms with Gasteiger partial charge in [-0.15, -0.1) is 0 Å². The van der Waals surface area contributed by atoms with Crippen LogP contribution >= 0.6 is 0 Å². The van der Waals surface area contributed by atoms with Gasteiger partial charge in [0.1, 0.15) is 11.9 Å². The van der Waals surface area contributed by atoms with Crippen molar-refractivity contribution >= 4 is 5.97 Å². The maximum atomic E-state index is 10.4. The minimum atomic E-state index is -0.680. The molecule has 1 aliphatic heterocycles. The highest BCUT2D eigenvalue weighted by molar-refractivity contribution is 5.66. The van der Waals surface area contributed by atoms with Crippen LogP contribution in [0.4, 0.5) is 0 Å². The smallest absolute Gasteiger partial charge is 0.303 e. The Balaban J connectivity index is 1.41. The SMILES string of the molecule is O=C(O)CCCCCCCCCCOc1cccc(C2NN2)c1. The van der Waals surface area contributed by atoms with Gasteiger partial charge in [0.25, 0.3) is 0 Å². The van der Waals surface area contributed by atoms with E-state index in [0.717, 1.165) is 38.0 Å². The Morgan fingerprint density at radius 2 is 1.65 bits per heavy atom. The molecule has 0 spiro atoms. The van der Waals surface area contributed by atoms with E-state index in [1.54, 1.807) is 0 Å². The second kappa shape index (κ2) is 10.2. The summed E-state index contributed by atoms with van der Waals surface area (Å²) in [7, 11) is 0. The third kappa shape index (κ3) is 8.00. The van der Waals surface area contributed by atoms with Crippen LogP contribution in [-0.2, 0) is 4.79 Å². The van der Waals surface area contributed by atoms with Gasteiger partial charge in [-0.1, -0.05) is 50.7 Å². The molecule has 0 bridgehead atoms. The van der Waals surface area contributed by atoms with Gasteiger partial charge in [-0.2, -0.15) is 0 Å². The fraction of sp³-hybridized carbons (Fsp3) is 0.611. The zero-order valence-electron chi connectivity index (χ0n) is 13.7. The van der Waals surface area contributed by atoms with E-state index in [4.69, 9.17) is 9.84 Å². The molecule has 1 heterocycles. The molecular formula is C18H28N2O3. The number of hydrazine groups is 1. The molecule has 1 fully saturated rings. The van der Waals surface area contributed by atoms with Gasteiger partial charge in [-0.05, 0) is 30.5 Å². The summed E-state index contributed by atoms with van der Waals surface area (Å²) in [5.41, 5.74) is 7.33. The van der Waals surface area contributed by atoms with Gasteiger partial charge in [0.15, 0.2) is 0 Å². The van der Waals surface area contributed by atoms with E-state index in [1.807, 2.05) is 12.1 Å². The Morgan fingerprint density at radius 1 is 1.00 bits per heavy atom. The van der Waals surface area contributed by atoms with Crippen molar-refractivity contribution in [3.63, 3.8) is 0 Å². The molecule has 1 aromatic carbocycles. The van der Waals surface area contributed by atoms with Crippen molar-refractivity contribution in [2.45, 2.75) is 64.0 Å². The molecule has 5 nitrogen and oxygen atoms in total. The van der Waals surface area contributed by atoms with Crippen LogP contribution in [0.25, 0.3) is 0 Å². The summed E-state index contributed by atoms with van der Waals surface area (Å²) in [6.07, 6.45) is 9.57. The minimum absolute atomic E-state index is 0.286. The van der Waals surface area contributed by atoms with Gasteiger partial charge in [-0.3, -0.25) is 4.79 Å². The lowest BCUT2D eigenvalue weighted by atomic mass is 10.1. The highest BCUT2D eigenvalue weighted by atomic mass is 16.5. The number of carbonyl (C=O) groups is 1. The number of hydrogen-bond donors (Lipinski definition) is 3. The first-order valence-corrected chi connectivity index (χ1v) is 8.71. The summed E-state index contributed by atoms with van der Waals surface area (Å²) in [6, 6.07) is 8.19. The number of hydrogen-bond acceptors (Lipinski definition) is 4. The number of carboxylic acids is 1. The summed E-state index contributed by atoms with van der Waals surface area (Å²) in [6.45, 7) is 0.771. The van der Waals surface area contributed by atoms with Gasteiger partial charge in [0.2, 0.25) is 0 Å². The summed E-state index contributed by atoms with van der Waals surface area (Å²) in [5, 5.41) is 8.55. The number of aliphatic carboxylic acids is 1. The van der Waals surface area contributed by atoms with Gasteiger partial charge < -0.3 is 9.84 Å². The second-order valence-electron chi connectivity index (χ2n) is 6.11. The lowest BCUT2D eigenvalue weighted by molar-refractivity contribution is -0.137. The van der Waals surface area contributed by atoms with E-state index in [9.17, 15) is 4.79 Å². The Morgan fingerprint density at radius 3 is 2.30 bits per heavy atom. The lowest BCUT2D eigenvalue weighted by Gasteiger charge is -2.07. The number of rotatable bonds is 13. The van der Waals surface area contributed by atoms with E-state index in [1.165, 1.54) is 31.2 Å². The molecule has 0 aliphatic carbocycles. The van der Waals surface area contributed by atoms with Crippen molar-refractivity contribution in [3.05, 3.63) is 29.8 Å². The molecule has 128 valence electrons. The standard InChI is InChI=1S/C18H28N2O3/c21-17(22)12-7-5-3-1-2-4-6-8-13-23-16-11-9-10-15(14-16)18-19-20-18/h9-11,14,18-20H,1-8,12-13H2,(H,21,22). The van der Waals surface area contributed by atoms with Crippen molar-refractivity contribution in [1.82, 2.24) is 10.9 Å². The zero-order valence-corrected chi connectivity index (χ0v) is 13.7. The summed E-state index contributed by atoms with van der Waals surface area (Å²) < 4.78 is 5.80. The number of carboxylic acid groups (broad SMARTS) is 1. The molecule has 5 heteroatoms. The molecule has 23 heavy (non-hydrogen) atoms. The molecule has 0 saturated carbocycles. The lowest BCUT2D eigenvalue weighted by Crippen LogP contribution is -1.98. The average Bonchev–Trinajstić information content (AvgIpc) is 3.37. The predicted octanol–water partition coefficient (Wildman–Crippen LogP) is 3.77. The van der Waals surface area contributed by atoms with Crippen LogP contribution in [0.15, 0.2) is 24.3 Å². The molecule has 1 aromatic rings. The summed E-state index contributed by atoms with van der Waals surface area (Å²) in [5.74, 6) is 0.261. The van der Waals surface area contributed by atoms with E-state index < -0.39 is 5.97 Å². The highest BCUT2D eigenvalue weighted by Gasteiger charge is 2.21. The van der Waals surface area contributed by atoms with Crippen LogP contribution in [0.3, 0.4) is 0 Å². The van der Waals surface area contributed by atoms with Crippen LogP contribution < -0.4 is 15.6 Å². The molecular weight excluding hydrogens is 292 g/mol. The fourth-order valence-corrected chi connectivity index (χ4v) is 2.62. The van der Waals surface area contributed by atoms with Gasteiger partial charge in [0.05, 0.1) is 6.61 Å². The van der Waals surface area contributed by atoms with Gasteiger partial charge in [-0.25, -0.2) is 10.9 Å².